The lowest BCUT2D eigenvalue weighted by Gasteiger charge is -2.12. The Bertz CT molecular complexity index is 183. The maximum Gasteiger partial charge on any atom is 0.143 e. The summed E-state index contributed by atoms with van der Waals surface area (Å²) in [7, 11) is 0. The van der Waals surface area contributed by atoms with Crippen molar-refractivity contribution in [1.29, 1.82) is 0 Å². The van der Waals surface area contributed by atoms with E-state index in [2.05, 4.69) is 0 Å². The van der Waals surface area contributed by atoms with Crippen molar-refractivity contribution in [3.8, 4) is 0 Å². The lowest BCUT2D eigenvalue weighted by molar-refractivity contribution is -0.136. The van der Waals surface area contributed by atoms with Crippen molar-refractivity contribution in [2.75, 3.05) is 0 Å². The highest BCUT2D eigenvalue weighted by atomic mass is 16.2. The molecule has 0 aromatic rings. The number of hydrogen-bond acceptors (Lipinski definition) is 3. The first-order chi connectivity index (χ1) is 4.74. The highest BCUT2D eigenvalue weighted by Crippen LogP contribution is 2.15. The van der Waals surface area contributed by atoms with Gasteiger partial charge >= 0.3 is 0 Å². The third-order valence-corrected chi connectivity index (χ3v) is 1.68. The summed E-state index contributed by atoms with van der Waals surface area (Å²) in [6, 6.07) is 0. The van der Waals surface area contributed by atoms with Gasteiger partial charge in [0.2, 0.25) is 0 Å². The summed E-state index contributed by atoms with van der Waals surface area (Å²) in [5.41, 5.74) is 0. The maximum atomic E-state index is 10.8. The van der Waals surface area contributed by atoms with Gasteiger partial charge in [0, 0.05) is 19.3 Å². The average Bonchev–Trinajstić information content (AvgIpc) is 1.94. The van der Waals surface area contributed by atoms with Crippen LogP contribution < -0.4 is 0 Å². The molecule has 1 fully saturated rings. The van der Waals surface area contributed by atoms with Crippen molar-refractivity contribution in [3.05, 3.63) is 0 Å². The van der Waals surface area contributed by atoms with Crippen LogP contribution in [0.4, 0.5) is 0 Å². The summed E-state index contributed by atoms with van der Waals surface area (Å²) in [6.07, 6.45) is 1.27. The van der Waals surface area contributed by atoms with Crippen LogP contribution in [0, 0.1) is 5.92 Å². The van der Waals surface area contributed by atoms with Gasteiger partial charge < -0.3 is 4.79 Å². The molecular weight excluding hydrogens is 132 g/mol. The summed E-state index contributed by atoms with van der Waals surface area (Å²) >= 11 is 0. The van der Waals surface area contributed by atoms with Crippen LogP contribution >= 0.6 is 0 Å². The number of rotatable bonds is 1. The fourth-order valence-corrected chi connectivity index (χ4v) is 1.03. The molecule has 0 bridgehead atoms. The minimum Gasteiger partial charge on any atom is -0.303 e. The molecule has 0 aromatic heterocycles. The van der Waals surface area contributed by atoms with Crippen molar-refractivity contribution in [3.63, 3.8) is 0 Å². The number of Topliss-reactive ketones (excluding diaryl/α,β-unsaturated/α-hetero) is 2. The molecule has 0 aromatic carbocycles. The van der Waals surface area contributed by atoms with Crippen LogP contribution in [0.2, 0.25) is 0 Å². The van der Waals surface area contributed by atoms with E-state index in [0.29, 0.717) is 12.7 Å². The first-order valence-electron chi connectivity index (χ1n) is 3.23. The highest BCUT2D eigenvalue weighted by molar-refractivity contribution is 6.02. The predicted octanol–water partition coefficient (Wildman–Crippen LogP) is 0.124. The summed E-state index contributed by atoms with van der Waals surface area (Å²) in [5.74, 6) is -0.701. The first kappa shape index (κ1) is 7.12. The van der Waals surface area contributed by atoms with Gasteiger partial charge in [-0.15, -0.1) is 0 Å². The summed E-state index contributed by atoms with van der Waals surface area (Å²) in [6.45, 7) is 0. The molecule has 0 amide bonds. The average molecular weight is 140 g/mol. The SMILES string of the molecule is O=CC1CC(=O)CCC1=O. The third kappa shape index (κ3) is 1.29. The molecule has 0 aliphatic heterocycles. The number of carbonyl (C=O) groups excluding carboxylic acids is 3. The van der Waals surface area contributed by atoms with E-state index in [0.717, 1.165) is 0 Å². The Morgan fingerprint density at radius 2 is 2.00 bits per heavy atom. The van der Waals surface area contributed by atoms with E-state index in [4.69, 9.17) is 0 Å². The highest BCUT2D eigenvalue weighted by Gasteiger charge is 2.26. The van der Waals surface area contributed by atoms with Crippen LogP contribution in [0.3, 0.4) is 0 Å². The molecule has 3 heteroatoms. The number of ketones is 2. The van der Waals surface area contributed by atoms with Gasteiger partial charge in [0.15, 0.2) is 0 Å². The summed E-state index contributed by atoms with van der Waals surface area (Å²) in [5, 5.41) is 0. The molecule has 0 saturated heterocycles. The Morgan fingerprint density at radius 1 is 1.30 bits per heavy atom. The van der Waals surface area contributed by atoms with E-state index in [-0.39, 0.29) is 24.4 Å². The first-order valence-corrected chi connectivity index (χ1v) is 3.23. The van der Waals surface area contributed by atoms with Crippen molar-refractivity contribution in [2.45, 2.75) is 19.3 Å². The molecule has 3 nitrogen and oxygen atoms in total. The minimum atomic E-state index is -0.638. The van der Waals surface area contributed by atoms with Crippen LogP contribution in [-0.2, 0) is 14.4 Å². The van der Waals surface area contributed by atoms with Crippen molar-refractivity contribution < 1.29 is 14.4 Å². The Morgan fingerprint density at radius 3 is 2.50 bits per heavy atom. The lowest BCUT2D eigenvalue weighted by Crippen LogP contribution is -2.25. The maximum absolute atomic E-state index is 10.8. The van der Waals surface area contributed by atoms with E-state index < -0.39 is 5.92 Å². The number of carbonyl (C=O) groups is 3. The zero-order valence-corrected chi connectivity index (χ0v) is 5.50. The Kier molecular flexibility index (Phi) is 1.94. The number of aldehydes is 1. The van der Waals surface area contributed by atoms with Crippen LogP contribution in [-0.4, -0.2) is 17.9 Å². The minimum absolute atomic E-state index is 0.0247. The van der Waals surface area contributed by atoms with Gasteiger partial charge in [-0.3, -0.25) is 9.59 Å². The van der Waals surface area contributed by atoms with Gasteiger partial charge in [-0.25, -0.2) is 0 Å². The number of hydrogen-bond donors (Lipinski definition) is 0. The van der Waals surface area contributed by atoms with E-state index in [1.165, 1.54) is 0 Å². The van der Waals surface area contributed by atoms with Crippen molar-refractivity contribution in [1.82, 2.24) is 0 Å². The Balaban J connectivity index is 2.62. The van der Waals surface area contributed by atoms with Crippen LogP contribution in [0.25, 0.3) is 0 Å². The standard InChI is InChI=1S/C7H8O3/c8-4-5-3-6(9)1-2-7(5)10/h4-5H,1-3H2. The van der Waals surface area contributed by atoms with Crippen LogP contribution in [0.1, 0.15) is 19.3 Å². The zero-order chi connectivity index (χ0) is 7.56. The van der Waals surface area contributed by atoms with Gasteiger partial charge in [-0.05, 0) is 0 Å². The summed E-state index contributed by atoms with van der Waals surface area (Å²) < 4.78 is 0. The predicted molar refractivity (Wildman–Crippen MR) is 33.4 cm³/mol. The molecule has 1 atom stereocenters. The quantitative estimate of drug-likeness (QED) is 0.384. The van der Waals surface area contributed by atoms with Gasteiger partial charge in [0.05, 0.1) is 5.92 Å². The second-order valence-electron chi connectivity index (χ2n) is 2.45. The molecule has 1 aliphatic rings. The smallest absolute Gasteiger partial charge is 0.143 e. The molecule has 1 saturated carbocycles. The van der Waals surface area contributed by atoms with Gasteiger partial charge in [0.25, 0.3) is 0 Å². The topological polar surface area (TPSA) is 51.2 Å². The lowest BCUT2D eigenvalue weighted by atomic mass is 9.88. The molecule has 0 N–H and O–H groups in total. The Labute approximate surface area is 58.4 Å². The van der Waals surface area contributed by atoms with Crippen LogP contribution in [0.5, 0.6) is 0 Å². The molecule has 0 spiro atoms. The zero-order valence-electron chi connectivity index (χ0n) is 5.50. The normalized spacial score (nSPS) is 26.6. The molecule has 10 heavy (non-hydrogen) atoms. The van der Waals surface area contributed by atoms with Crippen molar-refractivity contribution >= 4 is 17.9 Å². The van der Waals surface area contributed by atoms with Crippen molar-refractivity contribution in [2.24, 2.45) is 5.92 Å². The molecular formula is C7H8O3. The molecule has 54 valence electrons. The van der Waals surface area contributed by atoms with E-state index in [9.17, 15) is 14.4 Å². The summed E-state index contributed by atoms with van der Waals surface area (Å²) in [4.78, 5) is 31.6. The van der Waals surface area contributed by atoms with Gasteiger partial charge in [-0.2, -0.15) is 0 Å². The second-order valence-corrected chi connectivity index (χ2v) is 2.45. The molecule has 1 rings (SSSR count). The van der Waals surface area contributed by atoms with Crippen LogP contribution in [0.15, 0.2) is 0 Å². The largest absolute Gasteiger partial charge is 0.303 e. The third-order valence-electron chi connectivity index (χ3n) is 1.68. The fraction of sp³-hybridized carbons (Fsp3) is 0.571. The van der Waals surface area contributed by atoms with E-state index in [1.54, 1.807) is 0 Å². The van der Waals surface area contributed by atoms with E-state index in [1.807, 2.05) is 0 Å². The molecule has 1 aliphatic carbocycles. The molecule has 0 radical (unpaired) electrons. The fourth-order valence-electron chi connectivity index (χ4n) is 1.03. The molecule has 0 heterocycles. The van der Waals surface area contributed by atoms with Gasteiger partial charge in [0.1, 0.15) is 17.9 Å². The second kappa shape index (κ2) is 2.73. The van der Waals surface area contributed by atoms with Gasteiger partial charge in [-0.1, -0.05) is 0 Å². The molecule has 1 unspecified atom stereocenters. The Hall–Kier alpha value is -0.990. The monoisotopic (exact) mass is 140 g/mol. The van der Waals surface area contributed by atoms with E-state index >= 15 is 0 Å².